The molecule has 1 fully saturated rings. The Hall–Kier alpha value is 0.440. The molecule has 0 radical (unpaired) electrons. The molecule has 60 valence electrons. The average Bonchev–Trinajstić information content (AvgIpc) is 2.04. The summed E-state index contributed by atoms with van der Waals surface area (Å²) in [6.07, 6.45) is 4.58. The normalized spacial score (nSPS) is 42.9. The van der Waals surface area contributed by atoms with Crippen LogP contribution in [-0.2, 0) is 0 Å². The highest BCUT2D eigenvalue weighted by Crippen LogP contribution is 2.28. The Bertz CT molecular complexity index is 93.4. The van der Waals surface area contributed by atoms with Gasteiger partial charge in [0.25, 0.3) is 0 Å². The van der Waals surface area contributed by atoms with Crippen molar-refractivity contribution < 1.29 is 5.11 Å². The molecule has 0 bridgehead atoms. The number of halogens is 1. The topological polar surface area (TPSA) is 20.2 Å². The first kappa shape index (κ1) is 8.54. The summed E-state index contributed by atoms with van der Waals surface area (Å²) in [5, 5.41) is 9.50. The molecule has 0 spiro atoms. The SMILES string of the molecule is C[C@H]1[C@H](Br)CCCC[C@@H]1O. The molecular formula is C8H15BrO. The quantitative estimate of drug-likeness (QED) is 0.477. The molecule has 1 nitrogen and oxygen atoms in total. The van der Waals surface area contributed by atoms with E-state index >= 15 is 0 Å². The Kier molecular flexibility index (Phi) is 3.18. The molecule has 1 aliphatic carbocycles. The van der Waals surface area contributed by atoms with E-state index in [-0.39, 0.29) is 6.10 Å². The van der Waals surface area contributed by atoms with Crippen LogP contribution in [0.4, 0.5) is 0 Å². The molecule has 1 N–H and O–H groups in total. The molecule has 1 saturated carbocycles. The highest BCUT2D eigenvalue weighted by Gasteiger charge is 2.24. The maximum absolute atomic E-state index is 9.50. The molecule has 10 heavy (non-hydrogen) atoms. The minimum atomic E-state index is -0.0770. The number of hydrogen-bond acceptors (Lipinski definition) is 1. The highest BCUT2D eigenvalue weighted by atomic mass is 79.9. The Morgan fingerprint density at radius 2 is 1.90 bits per heavy atom. The van der Waals surface area contributed by atoms with E-state index in [0.717, 1.165) is 6.42 Å². The van der Waals surface area contributed by atoms with Crippen molar-refractivity contribution in [3.8, 4) is 0 Å². The molecule has 3 atom stereocenters. The first-order chi connectivity index (χ1) is 4.72. The Labute approximate surface area is 70.9 Å². The van der Waals surface area contributed by atoms with Crippen molar-refractivity contribution >= 4 is 15.9 Å². The van der Waals surface area contributed by atoms with E-state index in [1.165, 1.54) is 19.3 Å². The summed E-state index contributed by atoms with van der Waals surface area (Å²) < 4.78 is 0. The molecule has 0 aromatic carbocycles. The van der Waals surface area contributed by atoms with Crippen LogP contribution in [0, 0.1) is 5.92 Å². The minimum Gasteiger partial charge on any atom is -0.393 e. The van der Waals surface area contributed by atoms with Gasteiger partial charge in [0.15, 0.2) is 0 Å². The standard InChI is InChI=1S/C8H15BrO/c1-6-7(9)4-2-3-5-8(6)10/h6-8,10H,2-5H2,1H3/t6-,7+,8-/m0/s1. The fourth-order valence-electron chi connectivity index (χ4n) is 1.46. The lowest BCUT2D eigenvalue weighted by molar-refractivity contribution is 0.113. The molecule has 0 amide bonds. The predicted molar refractivity (Wildman–Crippen MR) is 46.4 cm³/mol. The number of aliphatic hydroxyl groups excluding tert-OH is 1. The van der Waals surface area contributed by atoms with Crippen molar-refractivity contribution in [3.63, 3.8) is 0 Å². The lowest BCUT2D eigenvalue weighted by Crippen LogP contribution is -2.22. The van der Waals surface area contributed by atoms with Crippen molar-refractivity contribution in [1.29, 1.82) is 0 Å². The summed E-state index contributed by atoms with van der Waals surface area (Å²) >= 11 is 3.58. The molecule has 0 aromatic rings. The maximum atomic E-state index is 9.50. The van der Waals surface area contributed by atoms with Gasteiger partial charge in [0.1, 0.15) is 0 Å². The third-order valence-corrected chi connectivity index (χ3v) is 3.70. The largest absolute Gasteiger partial charge is 0.393 e. The van der Waals surface area contributed by atoms with E-state index in [9.17, 15) is 5.11 Å². The van der Waals surface area contributed by atoms with Crippen LogP contribution in [0.25, 0.3) is 0 Å². The van der Waals surface area contributed by atoms with Gasteiger partial charge in [-0.15, -0.1) is 0 Å². The Balaban J connectivity index is 2.46. The molecule has 0 unspecified atom stereocenters. The van der Waals surface area contributed by atoms with Crippen molar-refractivity contribution in [3.05, 3.63) is 0 Å². The van der Waals surface area contributed by atoms with Crippen LogP contribution in [-0.4, -0.2) is 16.0 Å². The summed E-state index contributed by atoms with van der Waals surface area (Å²) in [5.74, 6) is 0.433. The van der Waals surface area contributed by atoms with Crippen LogP contribution >= 0.6 is 15.9 Å². The van der Waals surface area contributed by atoms with Crippen LogP contribution < -0.4 is 0 Å². The van der Waals surface area contributed by atoms with Crippen molar-refractivity contribution in [2.75, 3.05) is 0 Å². The van der Waals surface area contributed by atoms with Gasteiger partial charge in [-0.1, -0.05) is 35.7 Å². The zero-order valence-corrected chi connectivity index (χ0v) is 7.97. The van der Waals surface area contributed by atoms with Gasteiger partial charge in [-0.3, -0.25) is 0 Å². The molecule has 0 aromatic heterocycles. The first-order valence-corrected chi connectivity index (χ1v) is 4.95. The molecule has 0 aliphatic heterocycles. The molecule has 1 rings (SSSR count). The van der Waals surface area contributed by atoms with Crippen molar-refractivity contribution in [2.24, 2.45) is 5.92 Å². The minimum absolute atomic E-state index is 0.0770. The molecule has 2 heteroatoms. The number of aliphatic hydroxyl groups is 1. The second-order valence-electron chi connectivity index (χ2n) is 3.23. The van der Waals surface area contributed by atoms with Gasteiger partial charge in [0.2, 0.25) is 0 Å². The summed E-state index contributed by atoms with van der Waals surface area (Å²) in [6.45, 7) is 2.12. The molecule has 1 aliphatic rings. The van der Waals surface area contributed by atoms with Crippen LogP contribution in [0.3, 0.4) is 0 Å². The lowest BCUT2D eigenvalue weighted by Gasteiger charge is -2.19. The number of rotatable bonds is 0. The average molecular weight is 207 g/mol. The summed E-state index contributed by atoms with van der Waals surface area (Å²) in [6, 6.07) is 0. The van der Waals surface area contributed by atoms with Crippen molar-refractivity contribution in [2.45, 2.75) is 43.5 Å². The fourth-order valence-corrected chi connectivity index (χ4v) is 2.14. The van der Waals surface area contributed by atoms with E-state index in [1.54, 1.807) is 0 Å². The van der Waals surface area contributed by atoms with Crippen LogP contribution in [0.5, 0.6) is 0 Å². The second kappa shape index (κ2) is 3.72. The Morgan fingerprint density at radius 3 is 2.60 bits per heavy atom. The van der Waals surface area contributed by atoms with Gasteiger partial charge in [0.05, 0.1) is 6.10 Å². The highest BCUT2D eigenvalue weighted by molar-refractivity contribution is 9.09. The van der Waals surface area contributed by atoms with Gasteiger partial charge in [-0.25, -0.2) is 0 Å². The molecular weight excluding hydrogens is 192 g/mol. The summed E-state index contributed by atoms with van der Waals surface area (Å²) in [5.41, 5.74) is 0. The van der Waals surface area contributed by atoms with Gasteiger partial charge >= 0.3 is 0 Å². The third-order valence-electron chi connectivity index (χ3n) is 2.41. The van der Waals surface area contributed by atoms with Crippen LogP contribution in [0.15, 0.2) is 0 Å². The van der Waals surface area contributed by atoms with E-state index in [4.69, 9.17) is 0 Å². The molecule has 0 heterocycles. The zero-order chi connectivity index (χ0) is 7.56. The van der Waals surface area contributed by atoms with Gasteiger partial charge in [0, 0.05) is 4.83 Å². The second-order valence-corrected chi connectivity index (χ2v) is 4.40. The van der Waals surface area contributed by atoms with Crippen LogP contribution in [0.1, 0.15) is 32.6 Å². The van der Waals surface area contributed by atoms with Gasteiger partial charge in [-0.05, 0) is 18.8 Å². The fraction of sp³-hybridized carbons (Fsp3) is 1.00. The first-order valence-electron chi connectivity index (χ1n) is 4.04. The maximum Gasteiger partial charge on any atom is 0.0576 e. The molecule has 0 saturated heterocycles. The van der Waals surface area contributed by atoms with Crippen molar-refractivity contribution in [1.82, 2.24) is 0 Å². The number of hydrogen-bond donors (Lipinski definition) is 1. The van der Waals surface area contributed by atoms with E-state index in [2.05, 4.69) is 22.9 Å². The number of alkyl halides is 1. The van der Waals surface area contributed by atoms with E-state index in [0.29, 0.717) is 10.7 Å². The summed E-state index contributed by atoms with van der Waals surface area (Å²) in [7, 11) is 0. The van der Waals surface area contributed by atoms with E-state index < -0.39 is 0 Å². The van der Waals surface area contributed by atoms with E-state index in [1.807, 2.05) is 0 Å². The zero-order valence-electron chi connectivity index (χ0n) is 6.39. The predicted octanol–water partition coefficient (Wildman–Crippen LogP) is 2.32. The van der Waals surface area contributed by atoms with Gasteiger partial charge in [-0.2, -0.15) is 0 Å². The third kappa shape index (κ3) is 1.96. The lowest BCUT2D eigenvalue weighted by atomic mass is 10.0. The monoisotopic (exact) mass is 206 g/mol. The van der Waals surface area contributed by atoms with Crippen LogP contribution in [0.2, 0.25) is 0 Å². The van der Waals surface area contributed by atoms with Gasteiger partial charge < -0.3 is 5.11 Å². The Morgan fingerprint density at radius 1 is 1.30 bits per heavy atom. The smallest absolute Gasteiger partial charge is 0.0576 e. The summed E-state index contributed by atoms with van der Waals surface area (Å²) in [4.78, 5) is 0.532.